The fourth-order valence-corrected chi connectivity index (χ4v) is 4.24. The second-order valence-electron chi connectivity index (χ2n) is 7.32. The van der Waals surface area contributed by atoms with Gasteiger partial charge >= 0.3 is 0 Å². The molecule has 1 aromatic rings. The summed E-state index contributed by atoms with van der Waals surface area (Å²) in [6.45, 7) is 2.39. The zero-order chi connectivity index (χ0) is 20.1. The molecular weight excluding hydrogens is 429 g/mol. The predicted octanol–water partition coefficient (Wildman–Crippen LogP) is 2.57. The van der Waals surface area contributed by atoms with E-state index in [2.05, 4.69) is 21.2 Å². The summed E-state index contributed by atoms with van der Waals surface area (Å²) in [5, 5.41) is 2.65. The van der Waals surface area contributed by atoms with Gasteiger partial charge in [0, 0.05) is 49.5 Å². The molecule has 28 heavy (non-hydrogen) atoms. The van der Waals surface area contributed by atoms with E-state index in [0.29, 0.717) is 30.7 Å². The summed E-state index contributed by atoms with van der Waals surface area (Å²) in [7, 11) is 0. The van der Waals surface area contributed by atoms with Gasteiger partial charge in [0.05, 0.1) is 5.56 Å². The van der Waals surface area contributed by atoms with Crippen molar-refractivity contribution in [3.63, 3.8) is 0 Å². The Morgan fingerprint density at radius 2 is 1.71 bits per heavy atom. The van der Waals surface area contributed by atoms with Crippen LogP contribution in [-0.4, -0.2) is 60.2 Å². The van der Waals surface area contributed by atoms with Gasteiger partial charge in [-0.25, -0.2) is 4.39 Å². The monoisotopic (exact) mass is 453 g/mol. The van der Waals surface area contributed by atoms with E-state index in [1.54, 1.807) is 4.90 Å². The zero-order valence-electron chi connectivity index (χ0n) is 15.8. The van der Waals surface area contributed by atoms with Crippen LogP contribution in [0.2, 0.25) is 0 Å². The number of nitrogens with zero attached hydrogens (tertiary/aromatic N) is 2. The molecule has 2 aliphatic rings. The number of carbonyl (C=O) groups excluding carboxylic acids is 3. The van der Waals surface area contributed by atoms with Gasteiger partial charge in [0.15, 0.2) is 0 Å². The molecule has 2 fully saturated rings. The molecule has 1 heterocycles. The number of amides is 3. The Morgan fingerprint density at radius 1 is 1.07 bits per heavy atom. The standard InChI is InChI=1S/C20H25BrFN3O3/c21-17-6-5-15(22)13-16(17)19(27)23-8-7-18(26)24-9-11-25(12-10-24)20(28)14-3-1-2-4-14/h5-6,13-14H,1-4,7-12H2,(H,23,27). The summed E-state index contributed by atoms with van der Waals surface area (Å²) >= 11 is 3.22. The van der Waals surface area contributed by atoms with Crippen molar-refractivity contribution in [3.8, 4) is 0 Å². The molecule has 1 aliphatic carbocycles. The molecule has 1 aromatic carbocycles. The molecule has 3 amide bonds. The summed E-state index contributed by atoms with van der Waals surface area (Å²) < 4.78 is 13.8. The van der Waals surface area contributed by atoms with Crippen LogP contribution in [0.5, 0.6) is 0 Å². The average Bonchev–Trinajstić information content (AvgIpc) is 3.24. The van der Waals surface area contributed by atoms with Crippen LogP contribution in [0.3, 0.4) is 0 Å². The third kappa shape index (κ3) is 5.10. The molecule has 1 saturated heterocycles. The first kappa shape index (κ1) is 20.8. The van der Waals surface area contributed by atoms with Crippen molar-refractivity contribution in [1.29, 1.82) is 0 Å². The highest BCUT2D eigenvalue weighted by Gasteiger charge is 2.30. The minimum absolute atomic E-state index is 0.0495. The number of benzene rings is 1. The Balaban J connectivity index is 1.40. The summed E-state index contributed by atoms with van der Waals surface area (Å²) in [5.74, 6) is -0.565. The van der Waals surface area contributed by atoms with Gasteiger partial charge in [-0.3, -0.25) is 14.4 Å². The Bertz CT molecular complexity index is 744. The van der Waals surface area contributed by atoms with E-state index >= 15 is 0 Å². The third-order valence-corrected chi connectivity index (χ3v) is 6.14. The Morgan fingerprint density at radius 3 is 2.39 bits per heavy atom. The van der Waals surface area contributed by atoms with Gasteiger partial charge in [-0.2, -0.15) is 0 Å². The zero-order valence-corrected chi connectivity index (χ0v) is 17.3. The largest absolute Gasteiger partial charge is 0.351 e. The summed E-state index contributed by atoms with van der Waals surface area (Å²) in [5.41, 5.74) is 0.200. The average molecular weight is 454 g/mol. The first-order chi connectivity index (χ1) is 13.5. The summed E-state index contributed by atoms with van der Waals surface area (Å²) in [6.07, 6.45) is 4.41. The van der Waals surface area contributed by atoms with E-state index in [1.807, 2.05) is 4.90 Å². The molecule has 0 aromatic heterocycles. The van der Waals surface area contributed by atoms with Crippen LogP contribution in [0.4, 0.5) is 4.39 Å². The molecule has 0 unspecified atom stereocenters. The normalized spacial score (nSPS) is 17.6. The Labute approximate surface area is 172 Å². The van der Waals surface area contributed by atoms with Crippen molar-refractivity contribution in [2.24, 2.45) is 5.92 Å². The quantitative estimate of drug-likeness (QED) is 0.744. The van der Waals surface area contributed by atoms with Gasteiger partial charge in [0.2, 0.25) is 11.8 Å². The number of hydrogen-bond donors (Lipinski definition) is 1. The number of halogens is 2. The molecule has 1 aliphatic heterocycles. The molecule has 0 spiro atoms. The highest BCUT2D eigenvalue weighted by Crippen LogP contribution is 2.27. The van der Waals surface area contributed by atoms with E-state index in [0.717, 1.165) is 31.7 Å². The van der Waals surface area contributed by atoms with Crippen LogP contribution in [-0.2, 0) is 9.59 Å². The van der Waals surface area contributed by atoms with Crippen molar-refractivity contribution in [2.75, 3.05) is 32.7 Å². The first-order valence-electron chi connectivity index (χ1n) is 9.75. The van der Waals surface area contributed by atoms with Crippen LogP contribution in [0.25, 0.3) is 0 Å². The van der Waals surface area contributed by atoms with Crippen molar-refractivity contribution in [1.82, 2.24) is 15.1 Å². The second-order valence-corrected chi connectivity index (χ2v) is 8.17. The highest BCUT2D eigenvalue weighted by molar-refractivity contribution is 9.10. The van der Waals surface area contributed by atoms with Crippen molar-refractivity contribution >= 4 is 33.7 Å². The molecule has 0 atom stereocenters. The summed E-state index contributed by atoms with van der Waals surface area (Å²) in [6, 6.07) is 3.89. The predicted molar refractivity (Wildman–Crippen MR) is 106 cm³/mol. The molecule has 0 bridgehead atoms. The van der Waals surface area contributed by atoms with E-state index in [4.69, 9.17) is 0 Å². The lowest BCUT2D eigenvalue weighted by molar-refractivity contribution is -0.142. The maximum absolute atomic E-state index is 13.3. The molecule has 3 rings (SSSR count). The number of nitrogens with one attached hydrogen (secondary N) is 1. The topological polar surface area (TPSA) is 69.7 Å². The van der Waals surface area contributed by atoms with Gasteiger partial charge in [-0.05, 0) is 47.0 Å². The highest BCUT2D eigenvalue weighted by atomic mass is 79.9. The summed E-state index contributed by atoms with van der Waals surface area (Å²) in [4.78, 5) is 40.6. The second kappa shape index (κ2) is 9.49. The lowest BCUT2D eigenvalue weighted by Crippen LogP contribution is -2.52. The maximum Gasteiger partial charge on any atom is 0.252 e. The van der Waals surface area contributed by atoms with E-state index < -0.39 is 11.7 Å². The SMILES string of the molecule is O=C(NCCC(=O)N1CCN(C(=O)C2CCCC2)CC1)c1cc(F)ccc1Br. The Kier molecular flexibility index (Phi) is 7.04. The molecule has 6 nitrogen and oxygen atoms in total. The van der Waals surface area contributed by atoms with Gasteiger partial charge in [0.25, 0.3) is 5.91 Å². The number of hydrogen-bond acceptors (Lipinski definition) is 3. The van der Waals surface area contributed by atoms with Gasteiger partial charge < -0.3 is 15.1 Å². The van der Waals surface area contributed by atoms with Crippen LogP contribution in [0.1, 0.15) is 42.5 Å². The number of carbonyl (C=O) groups is 3. The fraction of sp³-hybridized carbons (Fsp3) is 0.550. The fourth-order valence-electron chi connectivity index (χ4n) is 3.82. The van der Waals surface area contributed by atoms with Crippen LogP contribution in [0.15, 0.2) is 22.7 Å². The van der Waals surface area contributed by atoms with Crippen molar-refractivity contribution in [2.45, 2.75) is 32.1 Å². The van der Waals surface area contributed by atoms with E-state index in [9.17, 15) is 18.8 Å². The molecule has 1 N–H and O–H groups in total. The number of rotatable bonds is 5. The van der Waals surface area contributed by atoms with Gasteiger partial charge in [-0.1, -0.05) is 12.8 Å². The van der Waals surface area contributed by atoms with Crippen LogP contribution in [0, 0.1) is 11.7 Å². The Hall–Kier alpha value is -1.96. The molecule has 152 valence electrons. The molecule has 0 radical (unpaired) electrons. The smallest absolute Gasteiger partial charge is 0.252 e. The third-order valence-electron chi connectivity index (χ3n) is 5.45. The molecular formula is C20H25BrFN3O3. The first-order valence-corrected chi connectivity index (χ1v) is 10.5. The maximum atomic E-state index is 13.3. The van der Waals surface area contributed by atoms with E-state index in [-0.39, 0.29) is 36.3 Å². The molecule has 8 heteroatoms. The van der Waals surface area contributed by atoms with Gasteiger partial charge in [0.1, 0.15) is 5.82 Å². The minimum Gasteiger partial charge on any atom is -0.351 e. The van der Waals surface area contributed by atoms with Crippen LogP contribution < -0.4 is 5.32 Å². The van der Waals surface area contributed by atoms with Crippen LogP contribution >= 0.6 is 15.9 Å². The lowest BCUT2D eigenvalue weighted by atomic mass is 10.1. The van der Waals surface area contributed by atoms with Crippen molar-refractivity contribution < 1.29 is 18.8 Å². The number of piperazine rings is 1. The molecule has 1 saturated carbocycles. The minimum atomic E-state index is -0.491. The van der Waals surface area contributed by atoms with E-state index in [1.165, 1.54) is 12.1 Å². The lowest BCUT2D eigenvalue weighted by Gasteiger charge is -2.36. The van der Waals surface area contributed by atoms with Crippen molar-refractivity contribution in [3.05, 3.63) is 34.1 Å². The van der Waals surface area contributed by atoms with Gasteiger partial charge in [-0.15, -0.1) is 0 Å².